The molecule has 2 N–H and O–H groups in total. The molecule has 0 spiro atoms. The van der Waals surface area contributed by atoms with Gasteiger partial charge in [0.05, 0.1) is 12.5 Å². The van der Waals surface area contributed by atoms with E-state index in [1.807, 2.05) is 16.7 Å². The van der Waals surface area contributed by atoms with E-state index in [4.69, 9.17) is 0 Å². The van der Waals surface area contributed by atoms with Crippen LogP contribution >= 0.6 is 0 Å². The Kier molecular flexibility index (Phi) is 8.16. The van der Waals surface area contributed by atoms with Crippen molar-refractivity contribution < 1.29 is 19.1 Å². The molecule has 0 unspecified atom stereocenters. The molecule has 0 radical (unpaired) electrons. The Morgan fingerprint density at radius 1 is 0.975 bits per heavy atom. The lowest BCUT2D eigenvalue weighted by molar-refractivity contribution is -0.132. The molecule has 1 atom stereocenters. The number of hydrogen-bond acceptors (Lipinski definition) is 5. The molecule has 2 fully saturated rings. The fraction of sp³-hybridized carbons (Fsp3) is 0.312. The second-order valence-electron chi connectivity index (χ2n) is 10.6. The molecule has 2 aliphatic heterocycles. The Labute approximate surface area is 234 Å². The number of halogens is 1. The second kappa shape index (κ2) is 11.9. The van der Waals surface area contributed by atoms with Crippen LogP contribution in [-0.2, 0) is 9.59 Å². The number of piperazine rings is 1. The van der Waals surface area contributed by atoms with Crippen LogP contribution in [0.5, 0.6) is 5.75 Å². The summed E-state index contributed by atoms with van der Waals surface area (Å²) >= 11 is 0. The quantitative estimate of drug-likeness (QED) is 0.418. The molecule has 7 nitrogen and oxygen atoms in total. The van der Waals surface area contributed by atoms with Gasteiger partial charge in [0.15, 0.2) is 0 Å². The average Bonchev–Trinajstić information content (AvgIpc) is 3.43. The number of amides is 2. The largest absolute Gasteiger partial charge is 0.507 e. The van der Waals surface area contributed by atoms with Gasteiger partial charge in [-0.1, -0.05) is 42.5 Å². The van der Waals surface area contributed by atoms with E-state index >= 15 is 0 Å². The summed E-state index contributed by atoms with van der Waals surface area (Å²) in [6.45, 7) is 10.4. The van der Waals surface area contributed by atoms with Crippen LogP contribution in [-0.4, -0.2) is 72.5 Å². The maximum atomic E-state index is 14.3. The summed E-state index contributed by atoms with van der Waals surface area (Å²) < 4.78 is 14.3. The molecule has 2 heterocycles. The van der Waals surface area contributed by atoms with Gasteiger partial charge in [-0.05, 0) is 61.9 Å². The summed E-state index contributed by atoms with van der Waals surface area (Å²) in [6, 6.07) is 19.2. The molecule has 0 aromatic heterocycles. The minimum absolute atomic E-state index is 0.0600. The first-order valence-corrected chi connectivity index (χ1v) is 13.7. The summed E-state index contributed by atoms with van der Waals surface area (Å²) in [6.07, 6.45) is 0.658. The Morgan fingerprint density at radius 3 is 2.40 bits per heavy atom. The lowest BCUT2D eigenvalue weighted by Gasteiger charge is -2.36. The standard InChI is InChI=1S/C32H35FN4O3/c1-22(2)23-7-10-26(11-8-23)36-15-17-37(18-16-36)31(39)21-35-14-13-24(20-35)32(40)34-25-9-12-30(38)28(19-25)27-5-3-4-6-29(27)33/h3-12,19,24,38H,1,13-18,20-21H2,2H3,(H,34,40)/t24-/m1/s1. The highest BCUT2D eigenvalue weighted by atomic mass is 19.1. The number of carbonyl (C=O) groups is 2. The number of carbonyl (C=O) groups excluding carboxylic acids is 2. The van der Waals surface area contributed by atoms with Gasteiger partial charge < -0.3 is 20.2 Å². The third-order valence-electron chi connectivity index (χ3n) is 7.79. The van der Waals surface area contributed by atoms with Crippen LogP contribution in [0.3, 0.4) is 0 Å². The van der Waals surface area contributed by atoms with Crippen molar-refractivity contribution in [1.29, 1.82) is 0 Å². The fourth-order valence-electron chi connectivity index (χ4n) is 5.41. The van der Waals surface area contributed by atoms with Gasteiger partial charge in [-0.25, -0.2) is 4.39 Å². The van der Waals surface area contributed by atoms with Gasteiger partial charge in [0, 0.05) is 55.2 Å². The first kappa shape index (κ1) is 27.4. The number of hydrogen-bond donors (Lipinski definition) is 2. The molecule has 5 rings (SSSR count). The SMILES string of the molecule is C=C(C)c1ccc(N2CCN(C(=O)CN3CC[C@@H](C(=O)Nc4ccc(O)c(-c5ccccc5F)c4)C3)CC2)cc1. The molecule has 2 saturated heterocycles. The number of anilines is 2. The molecule has 8 heteroatoms. The molecule has 2 amide bonds. The number of nitrogens with one attached hydrogen (secondary N) is 1. The zero-order chi connectivity index (χ0) is 28.2. The van der Waals surface area contributed by atoms with Crippen LogP contribution < -0.4 is 10.2 Å². The van der Waals surface area contributed by atoms with Crippen LogP contribution in [0.1, 0.15) is 18.9 Å². The maximum absolute atomic E-state index is 14.3. The molecular formula is C32H35FN4O3. The third kappa shape index (κ3) is 6.18. The molecule has 2 aliphatic rings. The van der Waals surface area contributed by atoms with Crippen LogP contribution in [0, 0.1) is 11.7 Å². The van der Waals surface area contributed by atoms with E-state index in [1.54, 1.807) is 30.3 Å². The minimum Gasteiger partial charge on any atom is -0.507 e. The normalized spacial score (nSPS) is 17.6. The van der Waals surface area contributed by atoms with Crippen molar-refractivity contribution in [3.8, 4) is 16.9 Å². The summed E-state index contributed by atoms with van der Waals surface area (Å²) in [7, 11) is 0. The van der Waals surface area contributed by atoms with Gasteiger partial charge >= 0.3 is 0 Å². The van der Waals surface area contributed by atoms with Gasteiger partial charge in [0.25, 0.3) is 0 Å². The van der Waals surface area contributed by atoms with E-state index in [1.165, 1.54) is 12.1 Å². The third-order valence-corrected chi connectivity index (χ3v) is 7.79. The van der Waals surface area contributed by atoms with Crippen molar-refractivity contribution in [2.45, 2.75) is 13.3 Å². The Bertz CT molecular complexity index is 1400. The molecular weight excluding hydrogens is 507 g/mol. The van der Waals surface area contributed by atoms with E-state index in [0.29, 0.717) is 50.4 Å². The number of aromatic hydroxyl groups is 1. The molecule has 40 heavy (non-hydrogen) atoms. The lowest BCUT2D eigenvalue weighted by atomic mass is 10.0. The summed E-state index contributed by atoms with van der Waals surface area (Å²) in [4.78, 5) is 32.3. The number of rotatable bonds is 7. The number of phenols is 1. The van der Waals surface area contributed by atoms with Crippen LogP contribution in [0.25, 0.3) is 16.7 Å². The maximum Gasteiger partial charge on any atom is 0.236 e. The highest BCUT2D eigenvalue weighted by Gasteiger charge is 2.31. The van der Waals surface area contributed by atoms with Crippen molar-refractivity contribution >= 4 is 28.8 Å². The zero-order valence-corrected chi connectivity index (χ0v) is 22.8. The zero-order valence-electron chi connectivity index (χ0n) is 22.8. The highest BCUT2D eigenvalue weighted by Crippen LogP contribution is 2.33. The van der Waals surface area contributed by atoms with Crippen LogP contribution in [0.4, 0.5) is 15.8 Å². The second-order valence-corrected chi connectivity index (χ2v) is 10.6. The monoisotopic (exact) mass is 542 g/mol. The first-order chi connectivity index (χ1) is 19.3. The fourth-order valence-corrected chi connectivity index (χ4v) is 5.41. The highest BCUT2D eigenvalue weighted by molar-refractivity contribution is 5.94. The van der Waals surface area contributed by atoms with E-state index in [2.05, 4.69) is 41.1 Å². The van der Waals surface area contributed by atoms with Crippen molar-refractivity contribution in [3.05, 3.63) is 84.7 Å². The molecule has 3 aromatic rings. The van der Waals surface area contributed by atoms with Gasteiger partial charge in [-0.15, -0.1) is 0 Å². The average molecular weight is 543 g/mol. The number of phenolic OH excluding ortho intramolecular Hbond substituents is 1. The molecule has 0 aliphatic carbocycles. The molecule has 208 valence electrons. The lowest BCUT2D eigenvalue weighted by Crippen LogP contribution is -2.51. The number of nitrogens with zero attached hydrogens (tertiary/aromatic N) is 3. The predicted octanol–water partition coefficient (Wildman–Crippen LogP) is 4.84. The summed E-state index contributed by atoms with van der Waals surface area (Å²) in [5.74, 6) is -0.818. The Balaban J connectivity index is 1.11. The minimum atomic E-state index is -0.448. The molecule has 0 saturated carbocycles. The van der Waals surface area contributed by atoms with E-state index in [9.17, 15) is 19.1 Å². The summed E-state index contributed by atoms with van der Waals surface area (Å²) in [5, 5.41) is 13.2. The van der Waals surface area contributed by atoms with Crippen molar-refractivity contribution in [2.75, 3.05) is 56.0 Å². The van der Waals surface area contributed by atoms with Gasteiger partial charge in [-0.3, -0.25) is 14.5 Å². The molecule has 3 aromatic carbocycles. The van der Waals surface area contributed by atoms with Gasteiger partial charge in [0.2, 0.25) is 11.8 Å². The molecule has 0 bridgehead atoms. The van der Waals surface area contributed by atoms with E-state index in [-0.39, 0.29) is 29.0 Å². The summed E-state index contributed by atoms with van der Waals surface area (Å²) in [5.41, 5.74) is 4.40. The van der Waals surface area contributed by atoms with E-state index in [0.717, 1.165) is 29.9 Å². The predicted molar refractivity (Wildman–Crippen MR) is 157 cm³/mol. The number of benzene rings is 3. The number of likely N-dealkylation sites (tertiary alicyclic amines) is 1. The van der Waals surface area contributed by atoms with Gasteiger partial charge in [0.1, 0.15) is 11.6 Å². The van der Waals surface area contributed by atoms with Crippen LogP contribution in [0.15, 0.2) is 73.3 Å². The van der Waals surface area contributed by atoms with Crippen molar-refractivity contribution in [3.63, 3.8) is 0 Å². The van der Waals surface area contributed by atoms with Crippen molar-refractivity contribution in [2.24, 2.45) is 5.92 Å². The van der Waals surface area contributed by atoms with Gasteiger partial charge in [-0.2, -0.15) is 0 Å². The topological polar surface area (TPSA) is 76.1 Å². The van der Waals surface area contributed by atoms with Crippen molar-refractivity contribution in [1.82, 2.24) is 9.80 Å². The smallest absolute Gasteiger partial charge is 0.236 e. The van der Waals surface area contributed by atoms with Crippen LogP contribution in [0.2, 0.25) is 0 Å². The Morgan fingerprint density at radius 2 is 1.70 bits per heavy atom. The first-order valence-electron chi connectivity index (χ1n) is 13.7. The number of allylic oxidation sites excluding steroid dienone is 1. The van der Waals surface area contributed by atoms with E-state index < -0.39 is 5.82 Å². The Hall–Kier alpha value is -4.17.